The molecule has 1 N–H and O–H groups in total. The number of aliphatic hydroxyl groups excluding tert-OH is 1. The van der Waals surface area contributed by atoms with Gasteiger partial charge in [0.25, 0.3) is 0 Å². The smallest absolute Gasteiger partial charge is 0.122 e. The lowest BCUT2D eigenvalue weighted by atomic mass is 9.78. The van der Waals surface area contributed by atoms with Crippen molar-refractivity contribution in [1.29, 1.82) is 0 Å². The topological polar surface area (TPSA) is 32.7 Å². The van der Waals surface area contributed by atoms with Crippen molar-refractivity contribution in [3.05, 3.63) is 29.3 Å². The third kappa shape index (κ3) is 2.63. The van der Waals surface area contributed by atoms with Gasteiger partial charge in [-0.2, -0.15) is 0 Å². The molecule has 0 amide bonds. The summed E-state index contributed by atoms with van der Waals surface area (Å²) in [5, 5.41) is 9.95. The van der Waals surface area contributed by atoms with E-state index in [-0.39, 0.29) is 12.0 Å². The Morgan fingerprint density at radius 2 is 2.16 bits per heavy atom. The molecule has 106 valence electrons. The molecule has 1 aromatic rings. The molecule has 1 aliphatic heterocycles. The van der Waals surface area contributed by atoms with Crippen molar-refractivity contribution in [3.63, 3.8) is 0 Å². The van der Waals surface area contributed by atoms with Crippen LogP contribution in [-0.2, 0) is 5.41 Å². The molecule has 0 aromatic heterocycles. The summed E-state index contributed by atoms with van der Waals surface area (Å²) in [6.07, 6.45) is 0.984. The van der Waals surface area contributed by atoms with Gasteiger partial charge < -0.3 is 14.7 Å². The molecule has 0 saturated carbocycles. The number of ether oxygens (including phenoxy) is 1. The van der Waals surface area contributed by atoms with E-state index in [1.807, 2.05) is 6.07 Å². The van der Waals surface area contributed by atoms with Crippen molar-refractivity contribution < 1.29 is 9.84 Å². The highest BCUT2D eigenvalue weighted by Crippen LogP contribution is 2.40. The average molecular weight is 263 g/mol. The predicted octanol–water partition coefficient (Wildman–Crippen LogP) is 2.38. The number of benzene rings is 1. The summed E-state index contributed by atoms with van der Waals surface area (Å²) in [6.45, 7) is 6.47. The second kappa shape index (κ2) is 5.51. The van der Waals surface area contributed by atoms with Crippen LogP contribution in [0.4, 0.5) is 0 Å². The highest BCUT2D eigenvalue weighted by Gasteiger charge is 2.40. The fraction of sp³-hybridized carbons (Fsp3) is 0.625. The van der Waals surface area contributed by atoms with E-state index >= 15 is 0 Å². The van der Waals surface area contributed by atoms with E-state index in [4.69, 9.17) is 4.74 Å². The van der Waals surface area contributed by atoms with Gasteiger partial charge in [-0.15, -0.1) is 0 Å². The summed E-state index contributed by atoms with van der Waals surface area (Å²) in [5.41, 5.74) is 2.29. The average Bonchev–Trinajstić information content (AvgIpc) is 2.80. The van der Waals surface area contributed by atoms with Crippen LogP contribution in [0.3, 0.4) is 0 Å². The first kappa shape index (κ1) is 14.4. The summed E-state index contributed by atoms with van der Waals surface area (Å²) in [7, 11) is 3.81. The van der Waals surface area contributed by atoms with E-state index in [9.17, 15) is 5.11 Å². The second-order valence-electron chi connectivity index (χ2n) is 6.04. The van der Waals surface area contributed by atoms with E-state index in [1.54, 1.807) is 7.11 Å². The van der Waals surface area contributed by atoms with Gasteiger partial charge in [-0.25, -0.2) is 0 Å². The quantitative estimate of drug-likeness (QED) is 0.905. The summed E-state index contributed by atoms with van der Waals surface area (Å²) < 4.78 is 5.52. The number of methoxy groups -OCH3 is 1. The van der Waals surface area contributed by atoms with Gasteiger partial charge in [0.05, 0.1) is 13.7 Å². The Morgan fingerprint density at radius 3 is 2.63 bits per heavy atom. The molecule has 0 aliphatic carbocycles. The van der Waals surface area contributed by atoms with Crippen molar-refractivity contribution in [1.82, 2.24) is 4.90 Å². The molecule has 3 heteroatoms. The van der Waals surface area contributed by atoms with Gasteiger partial charge in [0.15, 0.2) is 0 Å². The molecule has 0 bridgehead atoms. The molecule has 1 heterocycles. The van der Waals surface area contributed by atoms with E-state index in [2.05, 4.69) is 37.9 Å². The monoisotopic (exact) mass is 263 g/mol. The fourth-order valence-electron chi connectivity index (χ4n) is 3.01. The first-order valence-electron chi connectivity index (χ1n) is 7.00. The van der Waals surface area contributed by atoms with Crippen molar-refractivity contribution in [2.24, 2.45) is 0 Å². The summed E-state index contributed by atoms with van der Waals surface area (Å²) in [6, 6.07) is 6.38. The van der Waals surface area contributed by atoms with Crippen LogP contribution in [0.15, 0.2) is 18.2 Å². The Morgan fingerprint density at radius 1 is 1.42 bits per heavy atom. The molecule has 0 radical (unpaired) electrons. The highest BCUT2D eigenvalue weighted by atomic mass is 16.5. The maximum atomic E-state index is 9.95. The fourth-order valence-corrected chi connectivity index (χ4v) is 3.01. The Labute approximate surface area is 116 Å². The minimum Gasteiger partial charge on any atom is -0.496 e. The largest absolute Gasteiger partial charge is 0.496 e. The molecule has 1 atom stereocenters. The summed E-state index contributed by atoms with van der Waals surface area (Å²) >= 11 is 0. The molecular weight excluding hydrogens is 238 g/mol. The lowest BCUT2D eigenvalue weighted by molar-refractivity contribution is 0.191. The minimum absolute atomic E-state index is 0.176. The Balaban J connectivity index is 2.48. The van der Waals surface area contributed by atoms with E-state index in [0.717, 1.165) is 30.8 Å². The van der Waals surface area contributed by atoms with Crippen LogP contribution in [-0.4, -0.2) is 43.9 Å². The second-order valence-corrected chi connectivity index (χ2v) is 6.04. The van der Waals surface area contributed by atoms with Gasteiger partial charge in [-0.05, 0) is 37.6 Å². The van der Waals surface area contributed by atoms with Crippen molar-refractivity contribution in [2.45, 2.75) is 31.6 Å². The molecule has 1 fully saturated rings. The molecule has 1 unspecified atom stereocenters. The van der Waals surface area contributed by atoms with E-state index in [1.165, 1.54) is 5.56 Å². The first-order chi connectivity index (χ1) is 9.02. The van der Waals surface area contributed by atoms with Crippen LogP contribution < -0.4 is 4.74 Å². The van der Waals surface area contributed by atoms with Crippen LogP contribution in [0.25, 0.3) is 0 Å². The van der Waals surface area contributed by atoms with E-state index < -0.39 is 0 Å². The number of hydrogen-bond donors (Lipinski definition) is 1. The summed E-state index contributed by atoms with van der Waals surface area (Å²) in [4.78, 5) is 2.28. The van der Waals surface area contributed by atoms with Gasteiger partial charge in [0.2, 0.25) is 0 Å². The number of rotatable bonds is 4. The molecule has 2 rings (SSSR count). The number of likely N-dealkylation sites (tertiary alicyclic amines) is 1. The van der Waals surface area contributed by atoms with Crippen LogP contribution in [0.1, 0.15) is 37.3 Å². The van der Waals surface area contributed by atoms with Gasteiger partial charge in [0, 0.05) is 17.5 Å². The first-order valence-corrected chi connectivity index (χ1v) is 7.00. The Kier molecular flexibility index (Phi) is 4.16. The molecule has 1 saturated heterocycles. The molecule has 1 aromatic carbocycles. The van der Waals surface area contributed by atoms with Crippen LogP contribution >= 0.6 is 0 Å². The standard InChI is InChI=1S/C16H25NO2/c1-12(2)13-5-6-15(19-4)14(9-13)16(11-18)7-8-17(3)10-16/h5-6,9,12,18H,7-8,10-11H2,1-4H3. The molecule has 0 spiro atoms. The van der Waals surface area contributed by atoms with Crippen LogP contribution in [0, 0.1) is 0 Å². The van der Waals surface area contributed by atoms with Gasteiger partial charge in [0.1, 0.15) is 5.75 Å². The van der Waals surface area contributed by atoms with Crippen LogP contribution in [0.5, 0.6) is 5.75 Å². The lowest BCUT2D eigenvalue weighted by Crippen LogP contribution is -2.34. The Hall–Kier alpha value is -1.06. The SMILES string of the molecule is COc1ccc(C(C)C)cc1C1(CO)CCN(C)C1. The molecule has 3 nitrogen and oxygen atoms in total. The van der Waals surface area contributed by atoms with E-state index in [0.29, 0.717) is 5.92 Å². The zero-order valence-corrected chi connectivity index (χ0v) is 12.4. The summed E-state index contributed by atoms with van der Waals surface area (Å²) in [5.74, 6) is 1.38. The number of nitrogens with zero attached hydrogens (tertiary/aromatic N) is 1. The van der Waals surface area contributed by atoms with Crippen molar-refractivity contribution in [3.8, 4) is 5.75 Å². The maximum absolute atomic E-state index is 9.95. The Bertz CT molecular complexity index is 444. The number of hydrogen-bond acceptors (Lipinski definition) is 3. The minimum atomic E-state index is -0.176. The third-order valence-corrected chi connectivity index (χ3v) is 4.31. The van der Waals surface area contributed by atoms with Gasteiger partial charge in [-0.3, -0.25) is 0 Å². The predicted molar refractivity (Wildman–Crippen MR) is 78.0 cm³/mol. The molecular formula is C16H25NO2. The van der Waals surface area contributed by atoms with Gasteiger partial charge in [-0.1, -0.05) is 26.0 Å². The van der Waals surface area contributed by atoms with Crippen molar-refractivity contribution in [2.75, 3.05) is 33.9 Å². The molecule has 1 aliphatic rings. The maximum Gasteiger partial charge on any atom is 0.122 e. The molecule has 19 heavy (non-hydrogen) atoms. The van der Waals surface area contributed by atoms with Crippen molar-refractivity contribution >= 4 is 0 Å². The highest BCUT2D eigenvalue weighted by molar-refractivity contribution is 5.44. The number of likely N-dealkylation sites (N-methyl/N-ethyl adjacent to an activating group) is 1. The zero-order valence-electron chi connectivity index (χ0n) is 12.4. The lowest BCUT2D eigenvalue weighted by Gasteiger charge is -2.29. The zero-order chi connectivity index (χ0) is 14.0. The van der Waals surface area contributed by atoms with Gasteiger partial charge >= 0.3 is 0 Å². The van der Waals surface area contributed by atoms with Crippen LogP contribution in [0.2, 0.25) is 0 Å². The normalized spacial score (nSPS) is 24.1. The third-order valence-electron chi connectivity index (χ3n) is 4.31. The number of aliphatic hydroxyl groups is 1.